The van der Waals surface area contributed by atoms with Crippen molar-refractivity contribution in [3.8, 4) is 0 Å². The van der Waals surface area contributed by atoms with E-state index in [-0.39, 0.29) is 17.7 Å². The molecule has 1 fully saturated rings. The Morgan fingerprint density at radius 2 is 1.83 bits per heavy atom. The molecule has 5 heteroatoms. The Morgan fingerprint density at radius 1 is 1.17 bits per heavy atom. The van der Waals surface area contributed by atoms with Gasteiger partial charge in [0.05, 0.1) is 12.5 Å². The van der Waals surface area contributed by atoms with Crippen LogP contribution in [0.5, 0.6) is 0 Å². The third kappa shape index (κ3) is 3.23. The zero-order chi connectivity index (χ0) is 16.4. The first-order chi connectivity index (χ1) is 11.1. The number of amides is 1. The molecule has 1 aliphatic carbocycles. The molecule has 122 valence electrons. The van der Waals surface area contributed by atoms with Crippen molar-refractivity contribution < 1.29 is 19.1 Å². The molecular formula is C18H21NO4. The van der Waals surface area contributed by atoms with Crippen LogP contribution in [0.15, 0.2) is 28.7 Å². The standard InChI is InChI=1S/C18H21NO4/c1-11-14-4-2-3-5-15(14)23-16(11)10-19-17(20)12-6-8-13(9-7-12)18(21)22/h2-5,12-13H,6-10H2,1H3,(H,19,20)(H,21,22). The van der Waals surface area contributed by atoms with Gasteiger partial charge in [-0.05, 0) is 38.7 Å². The first-order valence-corrected chi connectivity index (χ1v) is 8.03. The van der Waals surface area contributed by atoms with Gasteiger partial charge in [0.1, 0.15) is 11.3 Å². The molecule has 2 aromatic rings. The summed E-state index contributed by atoms with van der Waals surface area (Å²) in [7, 11) is 0. The van der Waals surface area contributed by atoms with Crippen molar-refractivity contribution in [2.75, 3.05) is 0 Å². The number of hydrogen-bond acceptors (Lipinski definition) is 3. The van der Waals surface area contributed by atoms with Gasteiger partial charge in [-0.3, -0.25) is 9.59 Å². The van der Waals surface area contributed by atoms with E-state index in [1.54, 1.807) is 0 Å². The smallest absolute Gasteiger partial charge is 0.306 e. The predicted molar refractivity (Wildman–Crippen MR) is 85.9 cm³/mol. The topological polar surface area (TPSA) is 79.5 Å². The number of carboxylic acid groups (broad SMARTS) is 1. The molecule has 5 nitrogen and oxygen atoms in total. The number of rotatable bonds is 4. The van der Waals surface area contributed by atoms with Crippen molar-refractivity contribution in [1.29, 1.82) is 0 Å². The molecule has 1 aliphatic rings. The number of aryl methyl sites for hydroxylation is 1. The van der Waals surface area contributed by atoms with Crippen LogP contribution in [0.1, 0.15) is 37.0 Å². The van der Waals surface area contributed by atoms with Gasteiger partial charge in [-0.15, -0.1) is 0 Å². The predicted octanol–water partition coefficient (Wildman–Crippen LogP) is 3.25. The summed E-state index contributed by atoms with van der Waals surface area (Å²) in [5, 5.41) is 13.0. The van der Waals surface area contributed by atoms with Gasteiger partial charge in [0.25, 0.3) is 0 Å². The first-order valence-electron chi connectivity index (χ1n) is 8.03. The number of para-hydroxylation sites is 1. The van der Waals surface area contributed by atoms with Gasteiger partial charge in [0, 0.05) is 16.9 Å². The van der Waals surface area contributed by atoms with Crippen molar-refractivity contribution in [2.24, 2.45) is 11.8 Å². The SMILES string of the molecule is Cc1c(CNC(=O)C2CCC(C(=O)O)CC2)oc2ccccc12. The molecule has 1 aromatic heterocycles. The number of benzene rings is 1. The van der Waals surface area contributed by atoms with E-state index in [9.17, 15) is 9.59 Å². The van der Waals surface area contributed by atoms with Gasteiger partial charge >= 0.3 is 5.97 Å². The zero-order valence-corrected chi connectivity index (χ0v) is 13.2. The maximum absolute atomic E-state index is 12.3. The van der Waals surface area contributed by atoms with E-state index in [2.05, 4.69) is 5.32 Å². The Balaban J connectivity index is 1.58. The first kappa shape index (κ1) is 15.6. The zero-order valence-electron chi connectivity index (χ0n) is 13.2. The largest absolute Gasteiger partial charge is 0.481 e. The van der Waals surface area contributed by atoms with Gasteiger partial charge in [-0.2, -0.15) is 0 Å². The van der Waals surface area contributed by atoms with E-state index in [0.717, 1.165) is 22.3 Å². The van der Waals surface area contributed by atoms with Crippen LogP contribution in [0.4, 0.5) is 0 Å². The molecule has 0 atom stereocenters. The van der Waals surface area contributed by atoms with Gasteiger partial charge in [0.2, 0.25) is 5.91 Å². The Labute approximate surface area is 134 Å². The van der Waals surface area contributed by atoms with Crippen LogP contribution in [0.25, 0.3) is 11.0 Å². The van der Waals surface area contributed by atoms with Crippen molar-refractivity contribution >= 4 is 22.8 Å². The van der Waals surface area contributed by atoms with Crippen molar-refractivity contribution in [3.05, 3.63) is 35.6 Å². The third-order valence-electron chi connectivity index (χ3n) is 4.81. The van der Waals surface area contributed by atoms with E-state index >= 15 is 0 Å². The molecule has 1 saturated carbocycles. The fourth-order valence-corrected chi connectivity index (χ4v) is 3.31. The maximum atomic E-state index is 12.3. The Bertz CT molecular complexity index is 726. The summed E-state index contributed by atoms with van der Waals surface area (Å²) in [4.78, 5) is 23.2. The van der Waals surface area contributed by atoms with Gasteiger partial charge in [-0.1, -0.05) is 18.2 Å². The molecule has 0 radical (unpaired) electrons. The van der Waals surface area contributed by atoms with E-state index < -0.39 is 5.97 Å². The summed E-state index contributed by atoms with van der Waals surface area (Å²) in [6.07, 6.45) is 2.44. The highest BCUT2D eigenvalue weighted by molar-refractivity contribution is 5.82. The summed E-state index contributed by atoms with van der Waals surface area (Å²) in [6.45, 7) is 2.36. The Morgan fingerprint density at radius 3 is 2.48 bits per heavy atom. The minimum absolute atomic E-state index is 0.00584. The molecule has 2 N–H and O–H groups in total. The number of carbonyl (C=O) groups is 2. The second kappa shape index (κ2) is 6.44. The monoisotopic (exact) mass is 315 g/mol. The number of fused-ring (bicyclic) bond motifs is 1. The van der Waals surface area contributed by atoms with Crippen LogP contribution in [0.2, 0.25) is 0 Å². The second-order valence-electron chi connectivity index (χ2n) is 6.25. The maximum Gasteiger partial charge on any atom is 0.306 e. The Hall–Kier alpha value is -2.30. The van der Waals surface area contributed by atoms with E-state index in [4.69, 9.17) is 9.52 Å². The molecule has 1 heterocycles. The highest BCUT2D eigenvalue weighted by atomic mass is 16.4. The molecular weight excluding hydrogens is 294 g/mol. The van der Waals surface area contributed by atoms with E-state index in [1.807, 2.05) is 31.2 Å². The summed E-state index contributed by atoms with van der Waals surface area (Å²) in [6, 6.07) is 7.82. The quantitative estimate of drug-likeness (QED) is 0.907. The van der Waals surface area contributed by atoms with Crippen LogP contribution >= 0.6 is 0 Å². The van der Waals surface area contributed by atoms with Crippen LogP contribution in [0.3, 0.4) is 0 Å². The van der Waals surface area contributed by atoms with Crippen LogP contribution in [0, 0.1) is 18.8 Å². The summed E-state index contributed by atoms with van der Waals surface area (Å²) in [5.74, 6) is -0.360. The normalized spacial score (nSPS) is 21.3. The van der Waals surface area contributed by atoms with E-state index in [0.29, 0.717) is 32.2 Å². The number of furan rings is 1. The summed E-state index contributed by atoms with van der Waals surface area (Å²) < 4.78 is 5.79. The fourth-order valence-electron chi connectivity index (χ4n) is 3.31. The van der Waals surface area contributed by atoms with Crippen molar-refractivity contribution in [2.45, 2.75) is 39.2 Å². The molecule has 1 aromatic carbocycles. The minimum atomic E-state index is -0.748. The third-order valence-corrected chi connectivity index (χ3v) is 4.81. The molecule has 0 aliphatic heterocycles. The molecule has 23 heavy (non-hydrogen) atoms. The lowest BCUT2D eigenvalue weighted by molar-refractivity contribution is -0.144. The molecule has 0 spiro atoms. The van der Waals surface area contributed by atoms with Crippen LogP contribution in [-0.4, -0.2) is 17.0 Å². The Kier molecular flexibility index (Phi) is 4.37. The number of carboxylic acids is 1. The molecule has 0 bridgehead atoms. The summed E-state index contributed by atoms with van der Waals surface area (Å²) in [5.41, 5.74) is 1.88. The molecule has 1 amide bonds. The van der Waals surface area contributed by atoms with Crippen molar-refractivity contribution in [3.63, 3.8) is 0 Å². The number of hydrogen-bond donors (Lipinski definition) is 2. The number of nitrogens with one attached hydrogen (secondary N) is 1. The lowest BCUT2D eigenvalue weighted by Crippen LogP contribution is -2.34. The molecule has 0 saturated heterocycles. The average Bonchev–Trinajstić information content (AvgIpc) is 2.89. The molecule has 0 unspecified atom stereocenters. The van der Waals surface area contributed by atoms with Gasteiger partial charge in [0.15, 0.2) is 0 Å². The molecule has 3 rings (SSSR count). The number of carbonyl (C=O) groups excluding carboxylic acids is 1. The lowest BCUT2D eigenvalue weighted by Gasteiger charge is -2.25. The van der Waals surface area contributed by atoms with Crippen LogP contribution < -0.4 is 5.32 Å². The number of aliphatic carboxylic acids is 1. The van der Waals surface area contributed by atoms with Crippen molar-refractivity contribution in [1.82, 2.24) is 5.32 Å². The van der Waals surface area contributed by atoms with Gasteiger partial charge < -0.3 is 14.8 Å². The van der Waals surface area contributed by atoms with E-state index in [1.165, 1.54) is 0 Å². The highest BCUT2D eigenvalue weighted by Crippen LogP contribution is 2.29. The second-order valence-corrected chi connectivity index (χ2v) is 6.25. The highest BCUT2D eigenvalue weighted by Gasteiger charge is 2.29. The summed E-state index contributed by atoms with van der Waals surface area (Å²) >= 11 is 0. The fraction of sp³-hybridized carbons (Fsp3) is 0.444. The minimum Gasteiger partial charge on any atom is -0.481 e. The van der Waals surface area contributed by atoms with Crippen LogP contribution in [-0.2, 0) is 16.1 Å². The lowest BCUT2D eigenvalue weighted by atomic mass is 9.81. The average molecular weight is 315 g/mol. The van der Waals surface area contributed by atoms with Gasteiger partial charge in [-0.25, -0.2) is 0 Å².